The highest BCUT2D eigenvalue weighted by Gasteiger charge is 2.05. The van der Waals surface area contributed by atoms with E-state index in [0.717, 1.165) is 0 Å². The molecule has 0 aliphatic heterocycles. The van der Waals surface area contributed by atoms with Gasteiger partial charge in [0.15, 0.2) is 11.5 Å². The van der Waals surface area contributed by atoms with Crippen molar-refractivity contribution in [2.24, 2.45) is 0 Å². The van der Waals surface area contributed by atoms with Gasteiger partial charge in [0.25, 0.3) is 0 Å². The highest BCUT2D eigenvalue weighted by atomic mass is 32.1. The van der Waals surface area contributed by atoms with Crippen molar-refractivity contribution >= 4 is 17.9 Å². The van der Waals surface area contributed by atoms with E-state index in [4.69, 9.17) is 4.74 Å². The van der Waals surface area contributed by atoms with E-state index in [0.29, 0.717) is 11.5 Å². The second-order valence-electron chi connectivity index (χ2n) is 2.00. The summed E-state index contributed by atoms with van der Waals surface area (Å²) in [6, 6.07) is 6.81. The van der Waals surface area contributed by atoms with Crippen molar-refractivity contribution < 1.29 is 14.3 Å². The van der Waals surface area contributed by atoms with E-state index < -0.39 is 5.30 Å². The molecule has 1 rings (SSSR count). The number of ether oxygens (including phenoxy) is 2. The Kier molecular flexibility index (Phi) is 2.88. The van der Waals surface area contributed by atoms with Crippen LogP contribution in [0.4, 0.5) is 4.79 Å². The fraction of sp³-hybridized carbons (Fsp3) is 0.125. The summed E-state index contributed by atoms with van der Waals surface area (Å²) in [7, 11) is 1.50. The minimum Gasteiger partial charge on any atom is -0.493 e. The van der Waals surface area contributed by atoms with E-state index in [1.54, 1.807) is 24.3 Å². The monoisotopic (exact) mass is 183 g/mol. The summed E-state index contributed by atoms with van der Waals surface area (Å²) in [4.78, 5) is 10.4. The van der Waals surface area contributed by atoms with Crippen LogP contribution in [0.5, 0.6) is 11.5 Å². The Balaban J connectivity index is 2.89. The first-order chi connectivity index (χ1) is 5.74. The summed E-state index contributed by atoms with van der Waals surface area (Å²) in [6.07, 6.45) is 0. The lowest BCUT2D eigenvalue weighted by atomic mass is 10.3. The first kappa shape index (κ1) is 8.80. The van der Waals surface area contributed by atoms with Crippen molar-refractivity contribution in [1.29, 1.82) is 0 Å². The van der Waals surface area contributed by atoms with Gasteiger partial charge in [-0.05, 0) is 12.1 Å². The third kappa shape index (κ3) is 2.10. The molecule has 1 radical (unpaired) electrons. The number of hydrogen-bond donors (Lipinski definition) is 0. The van der Waals surface area contributed by atoms with E-state index in [1.807, 2.05) is 0 Å². The van der Waals surface area contributed by atoms with Crippen molar-refractivity contribution in [1.82, 2.24) is 0 Å². The lowest BCUT2D eigenvalue weighted by Gasteiger charge is -2.05. The number of methoxy groups -OCH3 is 1. The van der Waals surface area contributed by atoms with Crippen molar-refractivity contribution in [3.63, 3.8) is 0 Å². The molecule has 0 N–H and O–H groups in total. The van der Waals surface area contributed by atoms with Gasteiger partial charge in [0.1, 0.15) is 0 Å². The van der Waals surface area contributed by atoms with Gasteiger partial charge in [-0.3, -0.25) is 0 Å². The molecule has 1 aromatic rings. The van der Waals surface area contributed by atoms with Gasteiger partial charge in [-0.2, -0.15) is 0 Å². The number of para-hydroxylation sites is 2. The smallest absolute Gasteiger partial charge is 0.405 e. The van der Waals surface area contributed by atoms with Crippen LogP contribution in [-0.2, 0) is 0 Å². The minimum atomic E-state index is -0.764. The molecule has 0 spiro atoms. The molecule has 0 saturated heterocycles. The van der Waals surface area contributed by atoms with Gasteiger partial charge in [0.2, 0.25) is 0 Å². The molecule has 12 heavy (non-hydrogen) atoms. The zero-order valence-corrected chi connectivity index (χ0v) is 7.26. The highest BCUT2D eigenvalue weighted by Crippen LogP contribution is 2.26. The molecule has 0 saturated carbocycles. The zero-order chi connectivity index (χ0) is 8.97. The SMILES string of the molecule is COc1ccccc1OC(=O)[S]. The maximum absolute atomic E-state index is 10.4. The van der Waals surface area contributed by atoms with Crippen LogP contribution in [0, 0.1) is 0 Å². The summed E-state index contributed by atoms with van der Waals surface area (Å²) in [5, 5.41) is -0.764. The molecule has 0 aliphatic rings. The Morgan fingerprint density at radius 3 is 2.42 bits per heavy atom. The van der Waals surface area contributed by atoms with E-state index >= 15 is 0 Å². The second kappa shape index (κ2) is 3.92. The average molecular weight is 183 g/mol. The van der Waals surface area contributed by atoms with E-state index in [-0.39, 0.29) is 0 Å². The minimum absolute atomic E-state index is 0.347. The zero-order valence-electron chi connectivity index (χ0n) is 6.44. The third-order valence-electron chi connectivity index (χ3n) is 1.26. The molecular weight excluding hydrogens is 176 g/mol. The van der Waals surface area contributed by atoms with Crippen LogP contribution < -0.4 is 9.47 Å². The molecule has 0 unspecified atom stereocenters. The maximum Gasteiger partial charge on any atom is 0.405 e. The van der Waals surface area contributed by atoms with Gasteiger partial charge in [0, 0.05) is 12.6 Å². The predicted molar refractivity (Wildman–Crippen MR) is 46.6 cm³/mol. The molecule has 0 aromatic heterocycles. The van der Waals surface area contributed by atoms with Crippen LogP contribution in [-0.4, -0.2) is 12.4 Å². The van der Waals surface area contributed by atoms with Crippen LogP contribution in [0.2, 0.25) is 0 Å². The van der Waals surface area contributed by atoms with Gasteiger partial charge in [-0.15, -0.1) is 0 Å². The second-order valence-corrected chi connectivity index (χ2v) is 2.34. The Morgan fingerprint density at radius 2 is 1.92 bits per heavy atom. The van der Waals surface area contributed by atoms with E-state index in [2.05, 4.69) is 17.4 Å². The lowest BCUT2D eigenvalue weighted by Crippen LogP contribution is -1.98. The average Bonchev–Trinajstić information content (AvgIpc) is 2.04. The molecule has 0 atom stereocenters. The van der Waals surface area contributed by atoms with Gasteiger partial charge >= 0.3 is 5.30 Å². The van der Waals surface area contributed by atoms with E-state index in [9.17, 15) is 4.79 Å². The summed E-state index contributed by atoms with van der Waals surface area (Å²) >= 11 is 4.25. The van der Waals surface area contributed by atoms with Crippen LogP contribution >= 0.6 is 12.6 Å². The first-order valence-corrected chi connectivity index (χ1v) is 3.66. The Labute approximate surface area is 75.7 Å². The molecule has 0 heterocycles. The normalized spacial score (nSPS) is 9.08. The van der Waals surface area contributed by atoms with Crippen LogP contribution in [0.25, 0.3) is 0 Å². The van der Waals surface area contributed by atoms with Crippen LogP contribution in [0.15, 0.2) is 24.3 Å². The molecule has 4 heteroatoms. The molecule has 3 nitrogen and oxygen atoms in total. The predicted octanol–water partition coefficient (Wildman–Crippen LogP) is 2.39. The summed E-state index contributed by atoms with van der Waals surface area (Å²) in [5.74, 6) is 0.843. The summed E-state index contributed by atoms with van der Waals surface area (Å²) in [6.45, 7) is 0. The number of carbonyl (C=O) groups excluding carboxylic acids is 1. The van der Waals surface area contributed by atoms with Crippen molar-refractivity contribution in [2.75, 3.05) is 7.11 Å². The fourth-order valence-corrected chi connectivity index (χ4v) is 0.883. The van der Waals surface area contributed by atoms with Gasteiger partial charge in [-0.25, -0.2) is 4.79 Å². The summed E-state index contributed by atoms with van der Waals surface area (Å²) in [5.41, 5.74) is 0. The Bertz CT molecular complexity index is 285. The number of carbonyl (C=O) groups is 1. The number of benzene rings is 1. The van der Waals surface area contributed by atoms with Crippen LogP contribution in [0.1, 0.15) is 0 Å². The largest absolute Gasteiger partial charge is 0.493 e. The Morgan fingerprint density at radius 1 is 1.33 bits per heavy atom. The molecule has 63 valence electrons. The maximum atomic E-state index is 10.4. The number of hydrogen-bond acceptors (Lipinski definition) is 3. The molecular formula is C8H7O3S. The first-order valence-electron chi connectivity index (χ1n) is 3.26. The molecule has 1 aromatic carbocycles. The third-order valence-corrected chi connectivity index (χ3v) is 1.35. The molecule has 0 fully saturated rings. The quantitative estimate of drug-likeness (QED) is 0.660. The standard InChI is InChI=1S/C8H7O3S/c1-10-6-4-2-3-5-7(6)11-8(9)12/h2-5H,1H3. The van der Waals surface area contributed by atoms with E-state index in [1.165, 1.54) is 7.11 Å². The summed E-state index contributed by atoms with van der Waals surface area (Å²) < 4.78 is 9.61. The van der Waals surface area contributed by atoms with Crippen molar-refractivity contribution in [3.05, 3.63) is 24.3 Å². The Hall–Kier alpha value is -1.29. The fourth-order valence-electron chi connectivity index (χ4n) is 0.793. The van der Waals surface area contributed by atoms with Gasteiger partial charge in [0.05, 0.1) is 7.11 Å². The van der Waals surface area contributed by atoms with Crippen molar-refractivity contribution in [3.8, 4) is 11.5 Å². The van der Waals surface area contributed by atoms with Gasteiger partial charge in [-0.1, -0.05) is 12.1 Å². The molecule has 0 aliphatic carbocycles. The molecule has 0 bridgehead atoms. The number of rotatable bonds is 2. The lowest BCUT2D eigenvalue weighted by molar-refractivity contribution is 0.225. The molecule has 0 amide bonds. The highest BCUT2D eigenvalue weighted by molar-refractivity contribution is 7.96. The van der Waals surface area contributed by atoms with Crippen LogP contribution in [0.3, 0.4) is 0 Å². The van der Waals surface area contributed by atoms with Crippen molar-refractivity contribution in [2.45, 2.75) is 0 Å². The topological polar surface area (TPSA) is 35.5 Å². The van der Waals surface area contributed by atoms with Gasteiger partial charge < -0.3 is 9.47 Å².